The molecule has 4 heteroatoms. The molecule has 0 bridgehead atoms. The molecule has 0 spiro atoms. The Morgan fingerprint density at radius 1 is 0.950 bits per heavy atom. The van der Waals surface area contributed by atoms with Crippen LogP contribution in [0, 0.1) is 0 Å². The largest absolute Gasteiger partial charge is 0.508 e. The Kier molecular flexibility index (Phi) is 2.86. The number of ether oxygens (including phenoxy) is 2. The molecular formula is C16H16NO3+. The van der Waals surface area contributed by atoms with E-state index in [0.717, 1.165) is 21.7 Å². The van der Waals surface area contributed by atoms with Gasteiger partial charge in [0.05, 0.1) is 25.0 Å². The highest BCUT2D eigenvalue weighted by Gasteiger charge is 2.14. The second kappa shape index (κ2) is 4.56. The minimum Gasteiger partial charge on any atom is -0.508 e. The van der Waals surface area contributed by atoms with Crippen molar-refractivity contribution in [3.8, 4) is 17.2 Å². The second-order valence-electron chi connectivity index (χ2n) is 4.74. The zero-order valence-electron chi connectivity index (χ0n) is 11.7. The molecule has 4 nitrogen and oxygen atoms in total. The summed E-state index contributed by atoms with van der Waals surface area (Å²) in [5.74, 6) is 1.62. The lowest BCUT2D eigenvalue weighted by Crippen LogP contribution is -2.28. The average molecular weight is 270 g/mol. The van der Waals surface area contributed by atoms with E-state index < -0.39 is 0 Å². The Bertz CT molecular complexity index is 812. The van der Waals surface area contributed by atoms with E-state index in [9.17, 15) is 5.11 Å². The van der Waals surface area contributed by atoms with Crippen molar-refractivity contribution in [3.63, 3.8) is 0 Å². The van der Waals surface area contributed by atoms with Gasteiger partial charge in [0.2, 0.25) is 5.52 Å². The van der Waals surface area contributed by atoms with E-state index >= 15 is 0 Å². The summed E-state index contributed by atoms with van der Waals surface area (Å²) in [4.78, 5) is 0. The summed E-state index contributed by atoms with van der Waals surface area (Å²) in [6.07, 6.45) is 2.04. The maximum Gasteiger partial charge on any atom is 0.213 e. The first-order valence-electron chi connectivity index (χ1n) is 6.31. The number of aromatic nitrogens is 1. The van der Waals surface area contributed by atoms with Crippen LogP contribution in [0.15, 0.2) is 36.5 Å². The predicted molar refractivity (Wildman–Crippen MR) is 77.4 cm³/mol. The molecule has 102 valence electrons. The average Bonchev–Trinajstić information content (AvgIpc) is 2.46. The Morgan fingerprint density at radius 3 is 2.35 bits per heavy atom. The molecule has 1 heterocycles. The van der Waals surface area contributed by atoms with Crippen molar-refractivity contribution in [3.05, 3.63) is 36.5 Å². The molecule has 0 aliphatic rings. The molecule has 20 heavy (non-hydrogen) atoms. The molecule has 1 N–H and O–H groups in total. The van der Waals surface area contributed by atoms with Crippen LogP contribution in [0.2, 0.25) is 0 Å². The smallest absolute Gasteiger partial charge is 0.213 e. The Morgan fingerprint density at radius 2 is 1.65 bits per heavy atom. The van der Waals surface area contributed by atoms with Gasteiger partial charge in [-0.1, -0.05) is 0 Å². The number of aryl methyl sites for hydroxylation is 1. The third-order valence-electron chi connectivity index (χ3n) is 3.54. The number of aromatic hydroxyl groups is 1. The summed E-state index contributed by atoms with van der Waals surface area (Å²) >= 11 is 0. The van der Waals surface area contributed by atoms with E-state index in [1.54, 1.807) is 26.4 Å². The highest BCUT2D eigenvalue weighted by molar-refractivity contribution is 6.05. The highest BCUT2D eigenvalue weighted by atomic mass is 16.5. The van der Waals surface area contributed by atoms with Gasteiger partial charge in [-0.15, -0.1) is 0 Å². The topological polar surface area (TPSA) is 42.6 Å². The first-order chi connectivity index (χ1) is 9.63. The Hall–Kier alpha value is -2.49. The lowest BCUT2D eigenvalue weighted by Gasteiger charge is -2.10. The first kappa shape index (κ1) is 12.5. The van der Waals surface area contributed by atoms with Crippen molar-refractivity contribution < 1.29 is 19.1 Å². The minimum atomic E-state index is 0.250. The predicted octanol–water partition coefficient (Wildman–Crippen LogP) is 2.54. The van der Waals surface area contributed by atoms with Gasteiger partial charge in [-0.25, -0.2) is 4.57 Å². The molecule has 1 aromatic heterocycles. The number of hydrogen-bond donors (Lipinski definition) is 1. The molecule has 0 aliphatic carbocycles. The zero-order valence-corrected chi connectivity index (χ0v) is 11.7. The van der Waals surface area contributed by atoms with Crippen molar-refractivity contribution in [2.45, 2.75) is 0 Å². The standard InChI is InChI=1S/C16H15NO3/c1-17-9-10-6-15(19-2)16(20-3)8-12(10)13-7-11(18)4-5-14(13)17/h4-9H,1-3H3/p+1. The first-order valence-corrected chi connectivity index (χ1v) is 6.31. The van der Waals surface area contributed by atoms with Crippen molar-refractivity contribution >= 4 is 21.7 Å². The molecule has 0 radical (unpaired) electrons. The number of pyridine rings is 1. The number of methoxy groups -OCH3 is 2. The monoisotopic (exact) mass is 270 g/mol. The summed E-state index contributed by atoms with van der Waals surface area (Å²) < 4.78 is 12.7. The van der Waals surface area contributed by atoms with E-state index in [0.29, 0.717) is 11.5 Å². The van der Waals surface area contributed by atoms with Crippen LogP contribution in [-0.4, -0.2) is 19.3 Å². The maximum atomic E-state index is 9.74. The van der Waals surface area contributed by atoms with Gasteiger partial charge in [0.1, 0.15) is 12.8 Å². The fourth-order valence-corrected chi connectivity index (χ4v) is 2.56. The van der Waals surface area contributed by atoms with Gasteiger partial charge in [0.25, 0.3) is 0 Å². The van der Waals surface area contributed by atoms with Crippen molar-refractivity contribution in [2.75, 3.05) is 14.2 Å². The highest BCUT2D eigenvalue weighted by Crippen LogP contribution is 2.35. The molecule has 0 atom stereocenters. The quantitative estimate of drug-likeness (QED) is 0.575. The van der Waals surface area contributed by atoms with Gasteiger partial charge in [-0.05, 0) is 24.3 Å². The summed E-state index contributed by atoms with van der Waals surface area (Å²) in [6.45, 7) is 0. The van der Waals surface area contributed by atoms with Crippen LogP contribution < -0.4 is 14.0 Å². The maximum absolute atomic E-state index is 9.74. The lowest BCUT2D eigenvalue weighted by atomic mass is 10.1. The SMILES string of the molecule is COc1cc2c[n+](C)c3ccc(O)cc3c2cc1OC. The fraction of sp³-hybridized carbons (Fsp3) is 0.188. The summed E-state index contributed by atoms with van der Waals surface area (Å²) in [6, 6.07) is 9.24. The van der Waals surface area contributed by atoms with Gasteiger partial charge in [0.15, 0.2) is 17.7 Å². The number of phenols is 1. The number of phenolic OH excluding ortho intramolecular Hbond substituents is 1. The second-order valence-corrected chi connectivity index (χ2v) is 4.74. The van der Waals surface area contributed by atoms with Crippen molar-refractivity contribution in [1.29, 1.82) is 0 Å². The van der Waals surface area contributed by atoms with Crippen LogP contribution in [0.25, 0.3) is 21.7 Å². The number of rotatable bonds is 2. The summed E-state index contributed by atoms with van der Waals surface area (Å²) in [5, 5.41) is 12.8. The fourth-order valence-electron chi connectivity index (χ4n) is 2.56. The summed E-state index contributed by atoms with van der Waals surface area (Å²) in [7, 11) is 5.22. The minimum absolute atomic E-state index is 0.250. The molecular weight excluding hydrogens is 254 g/mol. The molecule has 0 amide bonds. The van der Waals surface area contributed by atoms with Crippen LogP contribution in [0.5, 0.6) is 17.2 Å². The van der Waals surface area contributed by atoms with Crippen LogP contribution in [0.4, 0.5) is 0 Å². The number of fused-ring (bicyclic) bond motifs is 3. The molecule has 3 rings (SSSR count). The van der Waals surface area contributed by atoms with Gasteiger partial charge in [0, 0.05) is 11.5 Å². The van der Waals surface area contributed by atoms with E-state index in [2.05, 4.69) is 0 Å². The normalized spacial score (nSPS) is 10.9. The van der Waals surface area contributed by atoms with E-state index in [-0.39, 0.29) is 5.75 Å². The molecule has 0 aliphatic heterocycles. The van der Waals surface area contributed by atoms with E-state index in [4.69, 9.17) is 9.47 Å². The molecule has 2 aromatic carbocycles. The van der Waals surface area contributed by atoms with Crippen LogP contribution in [0.1, 0.15) is 0 Å². The zero-order chi connectivity index (χ0) is 14.3. The lowest BCUT2D eigenvalue weighted by molar-refractivity contribution is -0.643. The third kappa shape index (κ3) is 1.81. The number of nitrogens with zero attached hydrogens (tertiary/aromatic N) is 1. The van der Waals surface area contributed by atoms with Crippen LogP contribution in [-0.2, 0) is 7.05 Å². The Balaban J connectivity index is 2.48. The van der Waals surface area contributed by atoms with E-state index in [1.165, 1.54) is 0 Å². The van der Waals surface area contributed by atoms with Gasteiger partial charge in [-0.3, -0.25) is 0 Å². The van der Waals surface area contributed by atoms with Crippen LogP contribution in [0.3, 0.4) is 0 Å². The van der Waals surface area contributed by atoms with E-state index in [1.807, 2.05) is 36.0 Å². The van der Waals surface area contributed by atoms with Gasteiger partial charge in [-0.2, -0.15) is 0 Å². The van der Waals surface area contributed by atoms with Crippen molar-refractivity contribution in [1.82, 2.24) is 0 Å². The molecule has 0 unspecified atom stereocenters. The van der Waals surface area contributed by atoms with Gasteiger partial charge >= 0.3 is 0 Å². The molecule has 0 fully saturated rings. The third-order valence-corrected chi connectivity index (χ3v) is 3.54. The number of benzene rings is 2. The number of hydrogen-bond acceptors (Lipinski definition) is 3. The van der Waals surface area contributed by atoms with Crippen LogP contribution >= 0.6 is 0 Å². The summed E-state index contributed by atoms with van der Waals surface area (Å²) in [5.41, 5.74) is 1.04. The van der Waals surface area contributed by atoms with Gasteiger partial charge < -0.3 is 14.6 Å². The Labute approximate surface area is 116 Å². The molecule has 3 aromatic rings. The van der Waals surface area contributed by atoms with Crippen molar-refractivity contribution in [2.24, 2.45) is 7.05 Å². The molecule has 0 saturated carbocycles. The molecule has 0 saturated heterocycles.